The van der Waals surface area contributed by atoms with Gasteiger partial charge in [0.1, 0.15) is 22.0 Å². The van der Waals surface area contributed by atoms with Crippen molar-refractivity contribution in [2.24, 2.45) is 0 Å². The summed E-state index contributed by atoms with van der Waals surface area (Å²) in [5, 5.41) is 0. The molecule has 0 saturated carbocycles. The lowest BCUT2D eigenvalue weighted by molar-refractivity contribution is 0.0595. The first-order chi connectivity index (χ1) is 8.35. The number of hydrogen-bond acceptors (Lipinski definition) is 5. The molecule has 0 unspecified atom stereocenters. The lowest BCUT2D eigenvalue weighted by Gasteiger charge is -2.06. The minimum atomic E-state index is -3.76. The van der Waals surface area contributed by atoms with Gasteiger partial charge in [0.15, 0.2) is 0 Å². The predicted octanol–water partition coefficient (Wildman–Crippen LogP) is 1.37. The minimum Gasteiger partial charge on any atom is -0.465 e. The molecule has 1 rings (SSSR count). The molecule has 0 aliphatic carbocycles. The molecule has 1 heterocycles. The topological polar surface area (TPSA) is 85.6 Å². The van der Waals surface area contributed by atoms with Crippen molar-refractivity contribution in [3.63, 3.8) is 0 Å². The van der Waals surface area contributed by atoms with Crippen LogP contribution in [0.15, 0.2) is 9.31 Å². The first-order valence-corrected chi connectivity index (χ1v) is 7.01. The quantitative estimate of drug-likeness (QED) is 0.820. The van der Waals surface area contributed by atoms with Crippen molar-refractivity contribution in [2.45, 2.75) is 32.1 Å². The minimum absolute atomic E-state index is 0.0430. The zero-order valence-electron chi connectivity index (χ0n) is 10.9. The van der Waals surface area contributed by atoms with Gasteiger partial charge in [-0.1, -0.05) is 6.92 Å². The highest BCUT2D eigenvalue weighted by Gasteiger charge is 2.30. The van der Waals surface area contributed by atoms with Gasteiger partial charge in [-0.2, -0.15) is 0 Å². The molecule has 0 atom stereocenters. The smallest absolute Gasteiger partial charge is 0.342 e. The van der Waals surface area contributed by atoms with E-state index in [1.807, 2.05) is 6.92 Å². The second kappa shape index (κ2) is 5.53. The number of sulfonamides is 1. The maximum absolute atomic E-state index is 12.1. The molecule has 7 heteroatoms. The van der Waals surface area contributed by atoms with Gasteiger partial charge in [0.05, 0.1) is 7.11 Å². The van der Waals surface area contributed by atoms with Crippen molar-refractivity contribution >= 4 is 16.0 Å². The molecule has 0 aromatic carbocycles. The van der Waals surface area contributed by atoms with Gasteiger partial charge < -0.3 is 9.15 Å². The van der Waals surface area contributed by atoms with Crippen molar-refractivity contribution in [3.8, 4) is 0 Å². The summed E-state index contributed by atoms with van der Waals surface area (Å²) in [6.45, 7) is 5.17. The third-order valence-corrected chi connectivity index (χ3v) is 4.02. The fraction of sp³-hybridized carbons (Fsp3) is 0.545. The van der Waals surface area contributed by atoms with Crippen molar-refractivity contribution < 1.29 is 22.4 Å². The molecular formula is C11H17NO5S. The summed E-state index contributed by atoms with van der Waals surface area (Å²) in [5.41, 5.74) is -0.0430. The number of nitrogens with one attached hydrogen (secondary N) is 1. The molecule has 0 aliphatic rings. The van der Waals surface area contributed by atoms with E-state index in [9.17, 15) is 13.2 Å². The zero-order valence-corrected chi connectivity index (χ0v) is 11.7. The molecule has 6 nitrogen and oxygen atoms in total. The monoisotopic (exact) mass is 275 g/mol. The van der Waals surface area contributed by atoms with Gasteiger partial charge in [-0.15, -0.1) is 0 Å². The second-order valence-electron chi connectivity index (χ2n) is 3.81. The number of ether oxygens (including phenoxy) is 1. The molecule has 1 aromatic rings. The average Bonchev–Trinajstić information content (AvgIpc) is 2.61. The molecule has 0 radical (unpaired) electrons. The number of furan rings is 1. The van der Waals surface area contributed by atoms with E-state index in [2.05, 4.69) is 9.46 Å². The molecule has 18 heavy (non-hydrogen) atoms. The SMILES string of the molecule is CCCNS(=O)(=O)c1c(C)oc(C)c1C(=O)OC. The van der Waals surface area contributed by atoms with E-state index < -0.39 is 16.0 Å². The fourth-order valence-corrected chi connectivity index (χ4v) is 3.17. The molecule has 1 N–H and O–H groups in total. The molecular weight excluding hydrogens is 258 g/mol. The molecule has 0 fully saturated rings. The van der Waals surface area contributed by atoms with Gasteiger partial charge in [-0.05, 0) is 20.3 Å². The van der Waals surface area contributed by atoms with Gasteiger partial charge in [0.25, 0.3) is 0 Å². The Morgan fingerprint density at radius 1 is 1.33 bits per heavy atom. The summed E-state index contributed by atoms with van der Waals surface area (Å²) in [4.78, 5) is 11.5. The Hall–Kier alpha value is -1.34. The third kappa shape index (κ3) is 2.73. The zero-order chi connectivity index (χ0) is 13.9. The Bertz CT molecular complexity index is 544. The summed E-state index contributed by atoms with van der Waals surface area (Å²) in [6.07, 6.45) is 0.655. The third-order valence-electron chi connectivity index (χ3n) is 2.41. The van der Waals surface area contributed by atoms with Gasteiger partial charge in [-0.25, -0.2) is 17.9 Å². The van der Waals surface area contributed by atoms with Crippen molar-refractivity contribution in [1.29, 1.82) is 0 Å². The average molecular weight is 275 g/mol. The van der Waals surface area contributed by atoms with Crippen LogP contribution in [0.3, 0.4) is 0 Å². The number of hydrogen-bond donors (Lipinski definition) is 1. The number of esters is 1. The summed E-state index contributed by atoms with van der Waals surface area (Å²) in [7, 11) is -2.57. The van der Waals surface area contributed by atoms with Gasteiger partial charge >= 0.3 is 5.97 Å². The molecule has 0 aliphatic heterocycles. The van der Waals surface area contributed by atoms with E-state index in [1.165, 1.54) is 21.0 Å². The maximum atomic E-state index is 12.1. The summed E-state index contributed by atoms with van der Waals surface area (Å²) in [5.74, 6) is -0.311. The van der Waals surface area contributed by atoms with Crippen LogP contribution in [0, 0.1) is 13.8 Å². The van der Waals surface area contributed by atoms with Crippen LogP contribution in [-0.2, 0) is 14.8 Å². The Morgan fingerprint density at radius 3 is 2.44 bits per heavy atom. The van der Waals surface area contributed by atoms with E-state index in [0.717, 1.165) is 0 Å². The van der Waals surface area contributed by atoms with Gasteiger partial charge in [0.2, 0.25) is 10.0 Å². The van der Waals surface area contributed by atoms with Crippen LogP contribution in [0.2, 0.25) is 0 Å². The fourth-order valence-electron chi connectivity index (χ4n) is 1.63. The summed E-state index contributed by atoms with van der Waals surface area (Å²) in [6, 6.07) is 0. The number of carbonyl (C=O) groups excluding carboxylic acids is 1. The van der Waals surface area contributed by atoms with Crippen molar-refractivity contribution in [1.82, 2.24) is 4.72 Å². The summed E-state index contributed by atoms with van der Waals surface area (Å²) < 4.78 is 36.4. The standard InChI is InChI=1S/C11H17NO5S/c1-5-6-12-18(14,15)10-8(3)17-7(2)9(10)11(13)16-4/h12H,5-6H2,1-4H3. The Balaban J connectivity index is 3.36. The van der Waals surface area contributed by atoms with E-state index in [0.29, 0.717) is 13.0 Å². The number of methoxy groups -OCH3 is 1. The van der Waals surface area contributed by atoms with Crippen molar-refractivity contribution in [2.75, 3.05) is 13.7 Å². The van der Waals surface area contributed by atoms with Crippen LogP contribution in [0.1, 0.15) is 35.2 Å². The number of carbonyl (C=O) groups is 1. The van der Waals surface area contributed by atoms with Crippen LogP contribution in [0.4, 0.5) is 0 Å². The first kappa shape index (κ1) is 14.7. The first-order valence-electron chi connectivity index (χ1n) is 5.53. The molecule has 0 saturated heterocycles. The van der Waals surface area contributed by atoms with Crippen LogP contribution >= 0.6 is 0 Å². The molecule has 102 valence electrons. The number of rotatable bonds is 5. The lowest BCUT2D eigenvalue weighted by atomic mass is 10.2. The van der Waals surface area contributed by atoms with Crippen molar-refractivity contribution in [3.05, 3.63) is 17.1 Å². The Morgan fingerprint density at radius 2 is 1.94 bits per heavy atom. The lowest BCUT2D eigenvalue weighted by Crippen LogP contribution is -2.26. The highest BCUT2D eigenvalue weighted by molar-refractivity contribution is 7.89. The Labute approximate surface area is 106 Å². The molecule has 0 amide bonds. The molecule has 0 spiro atoms. The van der Waals surface area contributed by atoms with E-state index in [4.69, 9.17) is 4.42 Å². The van der Waals surface area contributed by atoms with Crippen LogP contribution < -0.4 is 4.72 Å². The van der Waals surface area contributed by atoms with E-state index in [1.54, 1.807) is 0 Å². The van der Waals surface area contributed by atoms with Crippen LogP contribution in [0.5, 0.6) is 0 Å². The normalized spacial score (nSPS) is 11.6. The van der Waals surface area contributed by atoms with E-state index >= 15 is 0 Å². The molecule has 0 bridgehead atoms. The molecule has 1 aromatic heterocycles. The van der Waals surface area contributed by atoms with E-state index in [-0.39, 0.29) is 22.0 Å². The highest BCUT2D eigenvalue weighted by Crippen LogP contribution is 2.27. The summed E-state index contributed by atoms with van der Waals surface area (Å²) >= 11 is 0. The number of aryl methyl sites for hydroxylation is 2. The highest BCUT2D eigenvalue weighted by atomic mass is 32.2. The van der Waals surface area contributed by atoms with Gasteiger partial charge in [0, 0.05) is 6.54 Å². The maximum Gasteiger partial charge on any atom is 0.342 e. The van der Waals surface area contributed by atoms with Gasteiger partial charge in [-0.3, -0.25) is 0 Å². The van der Waals surface area contributed by atoms with Crippen LogP contribution in [-0.4, -0.2) is 28.0 Å². The predicted molar refractivity (Wildman–Crippen MR) is 65.0 cm³/mol. The largest absolute Gasteiger partial charge is 0.465 e. The van der Waals surface area contributed by atoms with Crippen LogP contribution in [0.25, 0.3) is 0 Å². The second-order valence-corrected chi connectivity index (χ2v) is 5.51. The Kier molecular flexibility index (Phi) is 4.53.